The van der Waals surface area contributed by atoms with E-state index in [1.54, 1.807) is 12.4 Å². The minimum atomic E-state index is -0.00501. The molecule has 6 heteroatoms. The second-order valence-corrected chi connectivity index (χ2v) is 6.70. The van der Waals surface area contributed by atoms with Crippen molar-refractivity contribution in [2.24, 2.45) is 0 Å². The SMILES string of the molecule is N=Cc1ccc(OCC(=O)N2CCN(c3ccncc3)CC2)c2ccccc12. The molecule has 0 spiro atoms. The van der Waals surface area contributed by atoms with E-state index >= 15 is 0 Å². The Balaban J connectivity index is 1.38. The van der Waals surface area contributed by atoms with E-state index in [-0.39, 0.29) is 12.5 Å². The summed E-state index contributed by atoms with van der Waals surface area (Å²) in [4.78, 5) is 20.8. The highest BCUT2D eigenvalue weighted by Crippen LogP contribution is 2.28. The molecule has 1 aromatic heterocycles. The zero-order chi connectivity index (χ0) is 19.3. The van der Waals surface area contributed by atoms with Crippen molar-refractivity contribution in [3.63, 3.8) is 0 Å². The minimum absolute atomic E-state index is 0.00501. The Morgan fingerprint density at radius 1 is 1.00 bits per heavy atom. The Labute approximate surface area is 163 Å². The van der Waals surface area contributed by atoms with Crippen molar-refractivity contribution in [2.45, 2.75) is 0 Å². The van der Waals surface area contributed by atoms with Gasteiger partial charge in [0, 0.05) is 61.4 Å². The maximum atomic E-state index is 12.6. The van der Waals surface area contributed by atoms with Crippen molar-refractivity contribution in [1.29, 1.82) is 5.41 Å². The average molecular weight is 374 g/mol. The van der Waals surface area contributed by atoms with Crippen LogP contribution in [0, 0.1) is 5.41 Å². The van der Waals surface area contributed by atoms with E-state index in [4.69, 9.17) is 10.1 Å². The number of ether oxygens (including phenoxy) is 1. The van der Waals surface area contributed by atoms with Gasteiger partial charge >= 0.3 is 0 Å². The number of pyridine rings is 1. The van der Waals surface area contributed by atoms with Crippen LogP contribution in [0.3, 0.4) is 0 Å². The number of hydrogen-bond donors (Lipinski definition) is 1. The van der Waals surface area contributed by atoms with E-state index in [2.05, 4.69) is 9.88 Å². The molecule has 2 aromatic carbocycles. The van der Waals surface area contributed by atoms with Gasteiger partial charge in [0.1, 0.15) is 5.75 Å². The lowest BCUT2D eigenvalue weighted by molar-refractivity contribution is -0.133. The van der Waals surface area contributed by atoms with Crippen LogP contribution in [0.15, 0.2) is 60.9 Å². The summed E-state index contributed by atoms with van der Waals surface area (Å²) in [5, 5.41) is 9.41. The fourth-order valence-corrected chi connectivity index (χ4v) is 3.55. The average Bonchev–Trinajstić information content (AvgIpc) is 2.78. The van der Waals surface area contributed by atoms with E-state index in [1.165, 1.54) is 6.21 Å². The van der Waals surface area contributed by atoms with Gasteiger partial charge in [0.05, 0.1) is 0 Å². The number of aromatic nitrogens is 1. The molecule has 142 valence electrons. The van der Waals surface area contributed by atoms with Crippen molar-refractivity contribution in [3.05, 3.63) is 66.5 Å². The number of piperazine rings is 1. The molecule has 1 amide bonds. The first-order valence-electron chi connectivity index (χ1n) is 9.34. The number of fused-ring (bicyclic) bond motifs is 1. The zero-order valence-corrected chi connectivity index (χ0v) is 15.5. The van der Waals surface area contributed by atoms with Gasteiger partial charge in [0.25, 0.3) is 5.91 Å². The van der Waals surface area contributed by atoms with Gasteiger partial charge in [-0.1, -0.05) is 24.3 Å². The summed E-state index contributed by atoms with van der Waals surface area (Å²) in [6.45, 7) is 2.97. The van der Waals surface area contributed by atoms with Gasteiger partial charge in [0.2, 0.25) is 0 Å². The van der Waals surface area contributed by atoms with Gasteiger partial charge in [-0.3, -0.25) is 9.78 Å². The van der Waals surface area contributed by atoms with Gasteiger partial charge in [-0.05, 0) is 29.7 Å². The number of nitrogens with zero attached hydrogens (tertiary/aromatic N) is 3. The summed E-state index contributed by atoms with van der Waals surface area (Å²) >= 11 is 0. The molecule has 0 bridgehead atoms. The van der Waals surface area contributed by atoms with E-state index in [0.29, 0.717) is 18.8 Å². The molecule has 1 aliphatic heterocycles. The van der Waals surface area contributed by atoms with Crippen LogP contribution in [0.1, 0.15) is 5.56 Å². The fraction of sp³-hybridized carbons (Fsp3) is 0.227. The highest BCUT2D eigenvalue weighted by atomic mass is 16.5. The molecule has 6 nitrogen and oxygen atoms in total. The maximum absolute atomic E-state index is 12.6. The molecule has 1 aliphatic rings. The molecule has 1 fully saturated rings. The predicted molar refractivity (Wildman–Crippen MR) is 110 cm³/mol. The van der Waals surface area contributed by atoms with Crippen molar-refractivity contribution in [3.8, 4) is 5.75 Å². The third-order valence-electron chi connectivity index (χ3n) is 5.08. The summed E-state index contributed by atoms with van der Waals surface area (Å²) in [6.07, 6.45) is 4.91. The second kappa shape index (κ2) is 8.08. The van der Waals surface area contributed by atoms with Gasteiger partial charge in [0.15, 0.2) is 6.61 Å². The zero-order valence-electron chi connectivity index (χ0n) is 15.5. The third kappa shape index (κ3) is 3.67. The van der Waals surface area contributed by atoms with Crippen LogP contribution in [0.2, 0.25) is 0 Å². The Bertz CT molecular complexity index is 982. The van der Waals surface area contributed by atoms with Gasteiger partial charge in [-0.15, -0.1) is 0 Å². The van der Waals surface area contributed by atoms with E-state index in [1.807, 2.05) is 53.4 Å². The number of nitrogens with one attached hydrogen (secondary N) is 1. The maximum Gasteiger partial charge on any atom is 0.260 e. The molecule has 0 saturated carbocycles. The monoisotopic (exact) mass is 374 g/mol. The fourth-order valence-electron chi connectivity index (χ4n) is 3.55. The van der Waals surface area contributed by atoms with Crippen molar-refractivity contribution >= 4 is 28.6 Å². The Hall–Kier alpha value is -3.41. The number of anilines is 1. The molecular weight excluding hydrogens is 352 g/mol. The molecule has 0 radical (unpaired) electrons. The van der Waals surface area contributed by atoms with Gasteiger partial charge in [-0.25, -0.2) is 0 Å². The number of hydrogen-bond acceptors (Lipinski definition) is 5. The minimum Gasteiger partial charge on any atom is -0.483 e. The highest BCUT2D eigenvalue weighted by molar-refractivity contribution is 6.01. The standard InChI is InChI=1S/C22H22N4O2/c23-15-17-5-6-21(20-4-2-1-3-19(17)20)28-16-22(27)26-13-11-25(12-14-26)18-7-9-24-10-8-18/h1-10,15,23H,11-14,16H2. The summed E-state index contributed by atoms with van der Waals surface area (Å²) in [5.41, 5.74) is 1.97. The first-order chi connectivity index (χ1) is 13.8. The van der Waals surface area contributed by atoms with Crippen LogP contribution in [-0.2, 0) is 4.79 Å². The molecule has 3 aromatic rings. The van der Waals surface area contributed by atoms with Crippen molar-refractivity contribution < 1.29 is 9.53 Å². The highest BCUT2D eigenvalue weighted by Gasteiger charge is 2.21. The second-order valence-electron chi connectivity index (χ2n) is 6.70. The summed E-state index contributed by atoms with van der Waals surface area (Å²) in [7, 11) is 0. The summed E-state index contributed by atoms with van der Waals surface area (Å²) in [6, 6.07) is 15.4. The van der Waals surface area contributed by atoms with Gasteiger partial charge in [-0.2, -0.15) is 0 Å². The van der Waals surface area contributed by atoms with Gasteiger partial charge < -0.3 is 19.9 Å². The van der Waals surface area contributed by atoms with E-state index in [9.17, 15) is 4.79 Å². The normalized spacial score (nSPS) is 14.1. The molecule has 28 heavy (non-hydrogen) atoms. The number of carbonyl (C=O) groups is 1. The number of amides is 1. The smallest absolute Gasteiger partial charge is 0.260 e. The lowest BCUT2D eigenvalue weighted by atomic mass is 10.0. The molecule has 2 heterocycles. The third-order valence-corrected chi connectivity index (χ3v) is 5.08. The Morgan fingerprint density at radius 3 is 2.43 bits per heavy atom. The topological polar surface area (TPSA) is 69.5 Å². The van der Waals surface area contributed by atoms with Crippen LogP contribution >= 0.6 is 0 Å². The Morgan fingerprint density at radius 2 is 1.71 bits per heavy atom. The van der Waals surface area contributed by atoms with Crippen LogP contribution < -0.4 is 9.64 Å². The van der Waals surface area contributed by atoms with Crippen LogP contribution in [0.5, 0.6) is 5.75 Å². The number of rotatable bonds is 5. The molecule has 0 atom stereocenters. The molecule has 4 rings (SSSR count). The number of benzene rings is 2. The quantitative estimate of drug-likeness (QED) is 0.697. The van der Waals surface area contributed by atoms with Crippen LogP contribution in [0.25, 0.3) is 10.8 Å². The first-order valence-corrected chi connectivity index (χ1v) is 9.34. The first kappa shape index (κ1) is 18.0. The molecule has 0 unspecified atom stereocenters. The van der Waals surface area contributed by atoms with E-state index in [0.717, 1.165) is 35.1 Å². The molecule has 0 aliphatic carbocycles. The summed E-state index contributed by atoms with van der Waals surface area (Å²) < 4.78 is 5.86. The Kier molecular flexibility index (Phi) is 5.19. The van der Waals surface area contributed by atoms with Crippen LogP contribution in [-0.4, -0.2) is 54.8 Å². The lowest BCUT2D eigenvalue weighted by Gasteiger charge is -2.36. The lowest BCUT2D eigenvalue weighted by Crippen LogP contribution is -2.50. The number of carbonyl (C=O) groups excluding carboxylic acids is 1. The van der Waals surface area contributed by atoms with Crippen molar-refractivity contribution in [1.82, 2.24) is 9.88 Å². The van der Waals surface area contributed by atoms with Crippen LogP contribution in [0.4, 0.5) is 5.69 Å². The largest absolute Gasteiger partial charge is 0.483 e. The predicted octanol–water partition coefficient (Wildman–Crippen LogP) is 2.96. The molecule has 1 saturated heterocycles. The molecular formula is C22H22N4O2. The molecule has 1 N–H and O–H groups in total. The van der Waals surface area contributed by atoms with Crippen molar-refractivity contribution in [2.75, 3.05) is 37.7 Å². The van der Waals surface area contributed by atoms with E-state index < -0.39 is 0 Å². The summed E-state index contributed by atoms with van der Waals surface area (Å²) in [5.74, 6) is 0.666.